The molecule has 0 aliphatic heterocycles. The van der Waals surface area contributed by atoms with Gasteiger partial charge in [0.05, 0.1) is 12.8 Å². The Labute approximate surface area is 66.8 Å². The fourth-order valence-electron chi connectivity index (χ4n) is 0.775. The fraction of sp³-hybridized carbons (Fsp3) is 0.625. The van der Waals surface area contributed by atoms with Crippen LogP contribution in [0, 0.1) is 6.92 Å². The molecule has 1 rings (SSSR count). The molecule has 3 heteroatoms. The van der Waals surface area contributed by atoms with E-state index in [4.69, 9.17) is 4.74 Å². The number of nitrogens with one attached hydrogen (secondary N) is 1. The predicted molar refractivity (Wildman–Crippen MR) is 43.7 cm³/mol. The number of nitrogens with zero attached hydrogens (tertiary/aromatic N) is 1. The van der Waals surface area contributed by atoms with E-state index < -0.39 is 0 Å². The maximum atomic E-state index is 5.30. The van der Waals surface area contributed by atoms with Crippen molar-refractivity contribution >= 4 is 0 Å². The average molecular weight is 154 g/mol. The molecule has 1 aromatic heterocycles. The number of unbranched alkanes of at least 4 members (excludes halogenated alkanes) is 1. The largest absolute Gasteiger partial charge is 0.465 e. The van der Waals surface area contributed by atoms with Crippen LogP contribution in [0.15, 0.2) is 6.20 Å². The third-order valence-electron chi connectivity index (χ3n) is 1.42. The molecule has 3 nitrogen and oxygen atoms in total. The Morgan fingerprint density at radius 2 is 2.45 bits per heavy atom. The molecular weight excluding hydrogens is 140 g/mol. The Hall–Kier alpha value is -0.990. The maximum Gasteiger partial charge on any atom is 0.293 e. The van der Waals surface area contributed by atoms with Crippen LogP contribution in [0.25, 0.3) is 0 Å². The number of rotatable bonds is 4. The van der Waals surface area contributed by atoms with Crippen molar-refractivity contribution in [1.29, 1.82) is 0 Å². The number of aromatic amines is 1. The molecule has 0 aliphatic carbocycles. The van der Waals surface area contributed by atoms with Crippen LogP contribution in [0.2, 0.25) is 0 Å². The lowest BCUT2D eigenvalue weighted by atomic mass is 10.4. The highest BCUT2D eigenvalue weighted by Crippen LogP contribution is 2.03. The highest BCUT2D eigenvalue weighted by atomic mass is 16.5. The lowest BCUT2D eigenvalue weighted by molar-refractivity contribution is 0.288. The molecule has 0 aromatic carbocycles. The van der Waals surface area contributed by atoms with Crippen LogP contribution in [0.1, 0.15) is 25.5 Å². The van der Waals surface area contributed by atoms with E-state index in [2.05, 4.69) is 16.9 Å². The first kappa shape index (κ1) is 8.11. The first-order valence-electron chi connectivity index (χ1n) is 3.97. The van der Waals surface area contributed by atoms with Gasteiger partial charge in [-0.2, -0.15) is 0 Å². The van der Waals surface area contributed by atoms with Crippen LogP contribution in [0.5, 0.6) is 6.01 Å². The van der Waals surface area contributed by atoms with Crippen molar-refractivity contribution in [3.8, 4) is 6.01 Å². The third kappa shape index (κ3) is 2.62. The van der Waals surface area contributed by atoms with Gasteiger partial charge in [0.1, 0.15) is 0 Å². The molecule has 0 spiro atoms. The monoisotopic (exact) mass is 154 g/mol. The molecule has 62 valence electrons. The van der Waals surface area contributed by atoms with Gasteiger partial charge in [-0.1, -0.05) is 13.3 Å². The zero-order valence-corrected chi connectivity index (χ0v) is 7.05. The number of aromatic nitrogens is 2. The number of imidazole rings is 1. The minimum atomic E-state index is 0.635. The first-order valence-corrected chi connectivity index (χ1v) is 3.97. The van der Waals surface area contributed by atoms with Gasteiger partial charge in [-0.05, 0) is 13.3 Å². The standard InChI is InChI=1S/C8H14N2O/c1-3-4-5-11-8-9-6-7(2)10-8/h6H,3-5H2,1-2H3,(H,9,10). The zero-order chi connectivity index (χ0) is 8.10. The molecule has 0 fully saturated rings. The maximum absolute atomic E-state index is 5.30. The van der Waals surface area contributed by atoms with Crippen molar-refractivity contribution < 1.29 is 4.74 Å². The molecule has 0 saturated heterocycles. The second-order valence-electron chi connectivity index (χ2n) is 2.57. The number of ether oxygens (including phenoxy) is 1. The Bertz CT molecular complexity index is 208. The Kier molecular flexibility index (Phi) is 2.95. The van der Waals surface area contributed by atoms with Crippen LogP contribution in [0.3, 0.4) is 0 Å². The quantitative estimate of drug-likeness (QED) is 0.672. The number of aryl methyl sites for hydroxylation is 1. The van der Waals surface area contributed by atoms with Crippen LogP contribution in [-0.2, 0) is 0 Å². The van der Waals surface area contributed by atoms with Crippen molar-refractivity contribution in [3.05, 3.63) is 11.9 Å². The number of H-pyrrole nitrogens is 1. The van der Waals surface area contributed by atoms with Crippen LogP contribution >= 0.6 is 0 Å². The van der Waals surface area contributed by atoms with Crippen molar-refractivity contribution in [2.24, 2.45) is 0 Å². The molecular formula is C8H14N2O. The molecule has 0 radical (unpaired) electrons. The van der Waals surface area contributed by atoms with E-state index in [-0.39, 0.29) is 0 Å². The Balaban J connectivity index is 2.27. The van der Waals surface area contributed by atoms with Gasteiger partial charge in [0.25, 0.3) is 6.01 Å². The molecule has 1 N–H and O–H groups in total. The van der Waals surface area contributed by atoms with E-state index in [9.17, 15) is 0 Å². The van der Waals surface area contributed by atoms with E-state index in [1.165, 1.54) is 0 Å². The van der Waals surface area contributed by atoms with E-state index in [1.807, 2.05) is 6.92 Å². The molecule has 0 unspecified atom stereocenters. The topological polar surface area (TPSA) is 37.9 Å². The van der Waals surface area contributed by atoms with Crippen molar-refractivity contribution in [2.45, 2.75) is 26.7 Å². The number of hydrogen-bond acceptors (Lipinski definition) is 2. The van der Waals surface area contributed by atoms with Gasteiger partial charge in [-0.3, -0.25) is 0 Å². The smallest absolute Gasteiger partial charge is 0.293 e. The molecule has 0 saturated carbocycles. The first-order chi connectivity index (χ1) is 5.33. The zero-order valence-electron chi connectivity index (χ0n) is 7.05. The van der Waals surface area contributed by atoms with Gasteiger partial charge in [-0.25, -0.2) is 4.98 Å². The van der Waals surface area contributed by atoms with Crippen LogP contribution < -0.4 is 4.74 Å². The van der Waals surface area contributed by atoms with E-state index in [1.54, 1.807) is 6.20 Å². The summed E-state index contributed by atoms with van der Waals surface area (Å²) in [5.74, 6) is 0. The highest BCUT2D eigenvalue weighted by Gasteiger charge is 1.95. The second kappa shape index (κ2) is 4.01. The molecule has 0 amide bonds. The summed E-state index contributed by atoms with van der Waals surface area (Å²) in [6, 6.07) is 0.635. The van der Waals surface area contributed by atoms with Crippen molar-refractivity contribution in [2.75, 3.05) is 6.61 Å². The minimum Gasteiger partial charge on any atom is -0.465 e. The van der Waals surface area contributed by atoms with Gasteiger partial charge in [0.15, 0.2) is 0 Å². The fourth-order valence-corrected chi connectivity index (χ4v) is 0.775. The molecule has 11 heavy (non-hydrogen) atoms. The van der Waals surface area contributed by atoms with E-state index >= 15 is 0 Å². The molecule has 0 bridgehead atoms. The summed E-state index contributed by atoms with van der Waals surface area (Å²) in [5.41, 5.74) is 1.04. The third-order valence-corrected chi connectivity index (χ3v) is 1.42. The second-order valence-corrected chi connectivity index (χ2v) is 2.57. The van der Waals surface area contributed by atoms with Crippen LogP contribution in [0.4, 0.5) is 0 Å². The summed E-state index contributed by atoms with van der Waals surface area (Å²) in [6.45, 7) is 4.85. The van der Waals surface area contributed by atoms with Gasteiger partial charge in [0, 0.05) is 5.69 Å². The highest BCUT2D eigenvalue weighted by molar-refractivity contribution is 5.02. The lowest BCUT2D eigenvalue weighted by Gasteiger charge is -1.98. The summed E-state index contributed by atoms with van der Waals surface area (Å²) < 4.78 is 5.30. The summed E-state index contributed by atoms with van der Waals surface area (Å²) >= 11 is 0. The van der Waals surface area contributed by atoms with Crippen molar-refractivity contribution in [1.82, 2.24) is 9.97 Å². The minimum absolute atomic E-state index is 0.635. The molecule has 0 atom stereocenters. The van der Waals surface area contributed by atoms with Crippen LogP contribution in [-0.4, -0.2) is 16.6 Å². The van der Waals surface area contributed by atoms with Gasteiger partial charge in [0.2, 0.25) is 0 Å². The normalized spacial score (nSPS) is 10.0. The number of hydrogen-bond donors (Lipinski definition) is 1. The Morgan fingerprint density at radius 3 is 3.00 bits per heavy atom. The van der Waals surface area contributed by atoms with E-state index in [0.717, 1.165) is 25.1 Å². The van der Waals surface area contributed by atoms with Gasteiger partial charge >= 0.3 is 0 Å². The van der Waals surface area contributed by atoms with Crippen molar-refractivity contribution in [3.63, 3.8) is 0 Å². The predicted octanol–water partition coefficient (Wildman–Crippen LogP) is 1.90. The lowest BCUT2D eigenvalue weighted by Crippen LogP contribution is -1.97. The molecule has 1 aromatic rings. The molecule has 0 aliphatic rings. The summed E-state index contributed by atoms with van der Waals surface area (Å²) in [6.07, 6.45) is 4.00. The molecule has 1 heterocycles. The summed E-state index contributed by atoms with van der Waals surface area (Å²) in [4.78, 5) is 7.01. The van der Waals surface area contributed by atoms with E-state index in [0.29, 0.717) is 6.01 Å². The Morgan fingerprint density at radius 1 is 1.64 bits per heavy atom. The average Bonchev–Trinajstić information content (AvgIpc) is 2.37. The van der Waals surface area contributed by atoms with Gasteiger partial charge < -0.3 is 9.72 Å². The summed E-state index contributed by atoms with van der Waals surface area (Å²) in [5, 5.41) is 0. The summed E-state index contributed by atoms with van der Waals surface area (Å²) in [7, 11) is 0. The SMILES string of the molecule is CCCCOc1ncc(C)[nH]1. The van der Waals surface area contributed by atoms with Gasteiger partial charge in [-0.15, -0.1) is 0 Å².